The van der Waals surface area contributed by atoms with Gasteiger partial charge in [0.1, 0.15) is 11.8 Å². The number of halogens is 2. The number of benzene rings is 2. The van der Waals surface area contributed by atoms with Crippen molar-refractivity contribution in [3.05, 3.63) is 63.6 Å². The predicted octanol–water partition coefficient (Wildman–Crippen LogP) is 5.96. The normalized spacial score (nSPS) is 12.2. The number of methoxy groups -OCH3 is 1. The van der Waals surface area contributed by atoms with Crippen LogP contribution in [0.5, 0.6) is 5.75 Å². The summed E-state index contributed by atoms with van der Waals surface area (Å²) in [6.07, 6.45) is 0.511. The monoisotopic (exact) mass is 510 g/mol. The van der Waals surface area contributed by atoms with Crippen molar-refractivity contribution >= 4 is 46.8 Å². The first-order valence-corrected chi connectivity index (χ1v) is 12.7. The van der Waals surface area contributed by atoms with Crippen LogP contribution in [0.3, 0.4) is 0 Å². The number of hydrogen-bond acceptors (Lipinski definition) is 4. The molecule has 0 saturated carbocycles. The summed E-state index contributed by atoms with van der Waals surface area (Å²) < 4.78 is 5.23. The highest BCUT2D eigenvalue weighted by atomic mass is 35.5. The molecule has 0 aliphatic rings. The van der Waals surface area contributed by atoms with Crippen molar-refractivity contribution in [2.45, 2.75) is 58.0 Å². The predicted molar refractivity (Wildman–Crippen MR) is 138 cm³/mol. The van der Waals surface area contributed by atoms with Gasteiger partial charge in [-0.25, -0.2) is 0 Å². The maximum Gasteiger partial charge on any atom is 0.243 e. The minimum absolute atomic E-state index is 0.100. The molecule has 0 spiro atoms. The van der Waals surface area contributed by atoms with Gasteiger partial charge in [-0.2, -0.15) is 0 Å². The quantitative estimate of drug-likeness (QED) is 0.428. The standard InChI is InChI=1S/C25H32Cl2N2O3S/c1-6-22(24(31)28-25(2,3)4)29(14-17-7-11-20(32-5)12-8-17)23(30)16-33-15-18-9-10-19(26)13-21(18)27/h7-13,22H,6,14-16H2,1-5H3,(H,28,31)/t22-/m1/s1. The van der Waals surface area contributed by atoms with E-state index in [-0.39, 0.29) is 23.1 Å². The van der Waals surface area contributed by atoms with Crippen LogP contribution in [0, 0.1) is 0 Å². The van der Waals surface area contributed by atoms with Gasteiger partial charge in [0.25, 0.3) is 0 Å². The third-order valence-corrected chi connectivity index (χ3v) is 6.45. The van der Waals surface area contributed by atoms with Crippen LogP contribution in [-0.4, -0.2) is 41.2 Å². The summed E-state index contributed by atoms with van der Waals surface area (Å²) >= 11 is 13.7. The van der Waals surface area contributed by atoms with E-state index in [1.165, 1.54) is 11.8 Å². The Labute approximate surface area is 211 Å². The highest BCUT2D eigenvalue weighted by Crippen LogP contribution is 2.25. The molecule has 5 nitrogen and oxygen atoms in total. The smallest absolute Gasteiger partial charge is 0.243 e. The van der Waals surface area contributed by atoms with Crippen LogP contribution < -0.4 is 10.1 Å². The lowest BCUT2D eigenvalue weighted by Gasteiger charge is -2.33. The number of nitrogens with one attached hydrogen (secondary N) is 1. The van der Waals surface area contributed by atoms with Crippen LogP contribution in [0.15, 0.2) is 42.5 Å². The van der Waals surface area contributed by atoms with Crippen molar-refractivity contribution in [1.82, 2.24) is 10.2 Å². The molecule has 0 aliphatic carbocycles. The minimum Gasteiger partial charge on any atom is -0.497 e. The van der Waals surface area contributed by atoms with E-state index >= 15 is 0 Å². The Bertz CT molecular complexity index is 946. The fourth-order valence-electron chi connectivity index (χ4n) is 3.27. The first kappa shape index (κ1) is 27.4. The Morgan fingerprint density at radius 3 is 2.33 bits per heavy atom. The summed E-state index contributed by atoms with van der Waals surface area (Å²) in [6.45, 7) is 8.04. The minimum atomic E-state index is -0.571. The molecular formula is C25H32Cl2N2O3S. The molecule has 0 saturated heterocycles. The second-order valence-corrected chi connectivity index (χ2v) is 10.6. The van der Waals surface area contributed by atoms with Gasteiger partial charge in [-0.1, -0.05) is 48.3 Å². The molecule has 0 unspecified atom stereocenters. The van der Waals surface area contributed by atoms with E-state index < -0.39 is 6.04 Å². The number of rotatable bonds is 10. The van der Waals surface area contributed by atoms with Crippen LogP contribution in [-0.2, 0) is 21.9 Å². The lowest BCUT2D eigenvalue weighted by atomic mass is 10.1. The van der Waals surface area contributed by atoms with Gasteiger partial charge in [-0.15, -0.1) is 11.8 Å². The van der Waals surface area contributed by atoms with Gasteiger partial charge in [0.15, 0.2) is 0 Å². The molecule has 33 heavy (non-hydrogen) atoms. The van der Waals surface area contributed by atoms with Gasteiger partial charge < -0.3 is 15.0 Å². The van der Waals surface area contributed by atoms with Crippen LogP contribution >= 0.6 is 35.0 Å². The number of hydrogen-bond donors (Lipinski definition) is 1. The molecule has 2 aromatic carbocycles. The Morgan fingerprint density at radius 1 is 1.12 bits per heavy atom. The third kappa shape index (κ3) is 8.76. The Kier molecular flexibility index (Phi) is 10.4. The molecule has 0 radical (unpaired) electrons. The molecule has 180 valence electrons. The fourth-order valence-corrected chi connectivity index (χ4v) is 4.74. The van der Waals surface area contributed by atoms with Crippen molar-refractivity contribution in [3.8, 4) is 5.75 Å². The van der Waals surface area contributed by atoms with Crippen molar-refractivity contribution in [2.24, 2.45) is 0 Å². The first-order valence-electron chi connectivity index (χ1n) is 10.8. The SMILES string of the molecule is CC[C@H](C(=O)NC(C)(C)C)N(Cc1ccc(OC)cc1)C(=O)CSCc1ccc(Cl)cc1Cl. The zero-order valence-electron chi connectivity index (χ0n) is 19.8. The van der Waals surface area contributed by atoms with Crippen LogP contribution in [0.25, 0.3) is 0 Å². The van der Waals surface area contributed by atoms with E-state index in [4.69, 9.17) is 27.9 Å². The zero-order chi connectivity index (χ0) is 24.6. The topological polar surface area (TPSA) is 58.6 Å². The van der Waals surface area contributed by atoms with E-state index in [0.29, 0.717) is 28.8 Å². The molecule has 0 heterocycles. The number of carbonyl (C=O) groups excluding carboxylic acids is 2. The molecule has 2 aromatic rings. The molecule has 8 heteroatoms. The summed E-state index contributed by atoms with van der Waals surface area (Å²) in [5.74, 6) is 1.29. The maximum atomic E-state index is 13.3. The van der Waals surface area contributed by atoms with Crippen molar-refractivity contribution in [3.63, 3.8) is 0 Å². The van der Waals surface area contributed by atoms with Gasteiger partial charge in [0.2, 0.25) is 11.8 Å². The van der Waals surface area contributed by atoms with Crippen LogP contribution in [0.1, 0.15) is 45.2 Å². The van der Waals surface area contributed by atoms with Gasteiger partial charge in [-0.3, -0.25) is 9.59 Å². The molecule has 2 rings (SSSR count). The summed E-state index contributed by atoms with van der Waals surface area (Å²) in [7, 11) is 1.61. The summed E-state index contributed by atoms with van der Waals surface area (Å²) in [5, 5.41) is 4.17. The molecule has 1 N–H and O–H groups in total. The largest absolute Gasteiger partial charge is 0.497 e. The number of ether oxygens (including phenoxy) is 1. The zero-order valence-corrected chi connectivity index (χ0v) is 22.1. The molecule has 0 aromatic heterocycles. The fraction of sp³-hybridized carbons (Fsp3) is 0.440. The Hall–Kier alpha value is -1.89. The number of carbonyl (C=O) groups is 2. The van der Waals surface area contributed by atoms with Crippen LogP contribution in [0.4, 0.5) is 0 Å². The molecular weight excluding hydrogens is 479 g/mol. The highest BCUT2D eigenvalue weighted by molar-refractivity contribution is 7.99. The molecule has 0 bridgehead atoms. The molecule has 0 fully saturated rings. The van der Waals surface area contributed by atoms with E-state index in [0.717, 1.165) is 16.9 Å². The average molecular weight is 512 g/mol. The van der Waals surface area contributed by atoms with Crippen molar-refractivity contribution < 1.29 is 14.3 Å². The van der Waals surface area contributed by atoms with Crippen LogP contribution in [0.2, 0.25) is 10.0 Å². The van der Waals surface area contributed by atoms with E-state index in [1.54, 1.807) is 24.1 Å². The van der Waals surface area contributed by atoms with Crippen molar-refractivity contribution in [2.75, 3.05) is 12.9 Å². The second kappa shape index (κ2) is 12.5. The molecule has 1 atom stereocenters. The van der Waals surface area contributed by atoms with Gasteiger partial charge in [0, 0.05) is 27.9 Å². The summed E-state index contributed by atoms with van der Waals surface area (Å²) in [5.41, 5.74) is 1.45. The average Bonchev–Trinajstić information content (AvgIpc) is 2.74. The lowest BCUT2D eigenvalue weighted by molar-refractivity contribution is -0.140. The number of thioether (sulfide) groups is 1. The van der Waals surface area contributed by atoms with Crippen molar-refractivity contribution in [1.29, 1.82) is 0 Å². The lowest BCUT2D eigenvalue weighted by Crippen LogP contribution is -2.53. The van der Waals surface area contributed by atoms with E-state index in [1.807, 2.05) is 58.0 Å². The summed E-state index contributed by atoms with van der Waals surface area (Å²) in [4.78, 5) is 28.0. The van der Waals surface area contributed by atoms with Gasteiger partial charge in [-0.05, 0) is 62.6 Å². The summed E-state index contributed by atoms with van der Waals surface area (Å²) in [6, 6.07) is 12.3. The second-order valence-electron chi connectivity index (χ2n) is 8.76. The van der Waals surface area contributed by atoms with Gasteiger partial charge >= 0.3 is 0 Å². The third-order valence-electron chi connectivity index (χ3n) is 4.89. The molecule has 2 amide bonds. The Balaban J connectivity index is 2.17. The highest BCUT2D eigenvalue weighted by Gasteiger charge is 2.30. The molecule has 0 aliphatic heterocycles. The van der Waals surface area contributed by atoms with Gasteiger partial charge in [0.05, 0.1) is 12.9 Å². The number of nitrogens with zero attached hydrogens (tertiary/aromatic N) is 1. The van der Waals surface area contributed by atoms with E-state index in [9.17, 15) is 9.59 Å². The first-order chi connectivity index (χ1) is 15.5. The van der Waals surface area contributed by atoms with E-state index in [2.05, 4.69) is 5.32 Å². The number of amides is 2. The maximum absolute atomic E-state index is 13.3. The Morgan fingerprint density at radius 2 is 1.79 bits per heavy atom.